The first-order valence-electron chi connectivity index (χ1n) is 8.68. The van der Waals surface area contributed by atoms with Crippen LogP contribution in [0.15, 0.2) is 60.3 Å². The van der Waals surface area contributed by atoms with Crippen LogP contribution in [0, 0.1) is 13.8 Å². The Kier molecular flexibility index (Phi) is 4.55. The van der Waals surface area contributed by atoms with Crippen LogP contribution in [0.25, 0.3) is 22.6 Å². The van der Waals surface area contributed by atoms with Crippen molar-refractivity contribution in [2.45, 2.75) is 33.0 Å². The van der Waals surface area contributed by atoms with Gasteiger partial charge in [0.05, 0.1) is 17.9 Å². The predicted octanol–water partition coefficient (Wildman–Crippen LogP) is 5.51. The van der Waals surface area contributed by atoms with Gasteiger partial charge < -0.3 is 0 Å². The number of allylic oxidation sites excluding steroid dienone is 4. The molecular weight excluding hydrogens is 345 g/mol. The summed E-state index contributed by atoms with van der Waals surface area (Å²) in [5, 5.41) is 4.76. The minimum Gasteiger partial charge on any atom is -0.260 e. The third kappa shape index (κ3) is 3.27. The molecule has 3 aromatic rings. The van der Waals surface area contributed by atoms with Gasteiger partial charge in [-0.2, -0.15) is 5.10 Å². The van der Waals surface area contributed by atoms with E-state index in [1.165, 1.54) is 9.75 Å². The van der Waals surface area contributed by atoms with Gasteiger partial charge in [0.1, 0.15) is 11.9 Å². The van der Waals surface area contributed by atoms with Crippen molar-refractivity contribution in [2.24, 2.45) is 0 Å². The lowest BCUT2D eigenvalue weighted by Gasteiger charge is -2.15. The van der Waals surface area contributed by atoms with Crippen molar-refractivity contribution < 1.29 is 4.39 Å². The van der Waals surface area contributed by atoms with Gasteiger partial charge in [0.25, 0.3) is 0 Å². The number of hydrogen-bond acceptors (Lipinski definition) is 3. The molecule has 3 nitrogen and oxygen atoms in total. The Labute approximate surface area is 156 Å². The monoisotopic (exact) mass is 365 g/mol. The van der Waals surface area contributed by atoms with Gasteiger partial charge >= 0.3 is 0 Å². The highest BCUT2D eigenvalue weighted by molar-refractivity contribution is 7.12. The van der Waals surface area contributed by atoms with E-state index in [9.17, 15) is 4.39 Å². The molecule has 3 heterocycles. The number of pyridine rings is 1. The second-order valence-corrected chi connectivity index (χ2v) is 7.95. The first-order valence-corrected chi connectivity index (χ1v) is 9.50. The van der Waals surface area contributed by atoms with Gasteiger partial charge in [0, 0.05) is 27.9 Å². The van der Waals surface area contributed by atoms with Crippen LogP contribution in [-0.2, 0) is 6.54 Å². The molecule has 0 radical (unpaired) electrons. The molecule has 5 heteroatoms. The summed E-state index contributed by atoms with van der Waals surface area (Å²) in [7, 11) is 0. The Bertz CT molecular complexity index is 982. The lowest BCUT2D eigenvalue weighted by molar-refractivity contribution is 0.366. The summed E-state index contributed by atoms with van der Waals surface area (Å²) in [5.41, 5.74) is 4.56. The van der Waals surface area contributed by atoms with Gasteiger partial charge in [0.2, 0.25) is 0 Å². The van der Waals surface area contributed by atoms with Gasteiger partial charge in [-0.1, -0.05) is 24.3 Å². The summed E-state index contributed by atoms with van der Waals surface area (Å²) >= 11 is 1.77. The summed E-state index contributed by atoms with van der Waals surface area (Å²) < 4.78 is 16.2. The molecule has 0 aliphatic heterocycles. The van der Waals surface area contributed by atoms with Gasteiger partial charge in [-0.3, -0.25) is 9.67 Å². The van der Waals surface area contributed by atoms with Gasteiger partial charge in [0.15, 0.2) is 0 Å². The Balaban J connectivity index is 1.80. The van der Waals surface area contributed by atoms with Crippen molar-refractivity contribution in [3.05, 3.63) is 70.1 Å². The molecule has 4 rings (SSSR count). The van der Waals surface area contributed by atoms with E-state index < -0.39 is 6.17 Å². The number of alkyl halides is 1. The molecular formula is C21H20FN3S. The molecule has 1 aliphatic rings. The fraction of sp³-hybridized carbons (Fsp3) is 0.238. The maximum Gasteiger partial charge on any atom is 0.127 e. The second kappa shape index (κ2) is 7.00. The Morgan fingerprint density at radius 2 is 2.12 bits per heavy atom. The number of aromatic nitrogens is 3. The Morgan fingerprint density at radius 1 is 1.23 bits per heavy atom. The SMILES string of the molecule is Cc1cc(-c2cc(-c3ccccn3)nn2CC2=CC=CCC2F)c(C)s1. The molecule has 1 aliphatic carbocycles. The number of halogens is 1. The molecule has 132 valence electrons. The molecule has 0 N–H and O–H groups in total. The van der Waals surface area contributed by atoms with E-state index in [0.29, 0.717) is 13.0 Å². The Morgan fingerprint density at radius 3 is 2.81 bits per heavy atom. The van der Waals surface area contributed by atoms with Crippen LogP contribution in [0.1, 0.15) is 16.2 Å². The van der Waals surface area contributed by atoms with Gasteiger partial charge in [-0.05, 0) is 43.7 Å². The lowest BCUT2D eigenvalue weighted by Crippen LogP contribution is -2.14. The van der Waals surface area contributed by atoms with Crippen LogP contribution in [-0.4, -0.2) is 20.9 Å². The largest absolute Gasteiger partial charge is 0.260 e. The van der Waals surface area contributed by atoms with Gasteiger partial charge in [-0.25, -0.2) is 4.39 Å². The fourth-order valence-corrected chi connectivity index (χ4v) is 4.18. The summed E-state index contributed by atoms with van der Waals surface area (Å²) in [4.78, 5) is 6.91. The summed E-state index contributed by atoms with van der Waals surface area (Å²) in [6.45, 7) is 4.67. The Hall–Kier alpha value is -2.53. The van der Waals surface area contributed by atoms with E-state index in [-0.39, 0.29) is 0 Å². The average Bonchev–Trinajstić information content (AvgIpc) is 3.20. The topological polar surface area (TPSA) is 30.7 Å². The lowest BCUT2D eigenvalue weighted by atomic mass is 10.0. The highest BCUT2D eigenvalue weighted by Gasteiger charge is 2.20. The summed E-state index contributed by atoms with van der Waals surface area (Å²) in [6.07, 6.45) is 6.91. The van der Waals surface area contributed by atoms with E-state index in [1.54, 1.807) is 17.5 Å². The van der Waals surface area contributed by atoms with E-state index in [1.807, 2.05) is 41.1 Å². The first kappa shape index (κ1) is 16.9. The molecule has 0 amide bonds. The standard InChI is InChI=1S/C21H20FN3S/c1-14-11-17(15(2)26-14)21-12-20(19-9-5-6-10-23-19)24-25(21)13-16-7-3-4-8-18(16)22/h3-7,9-12,18H,8,13H2,1-2H3. The average molecular weight is 365 g/mol. The molecule has 26 heavy (non-hydrogen) atoms. The zero-order chi connectivity index (χ0) is 18.1. The highest BCUT2D eigenvalue weighted by atomic mass is 32.1. The minimum atomic E-state index is -0.944. The molecule has 0 bridgehead atoms. The van der Waals surface area contributed by atoms with Crippen LogP contribution < -0.4 is 0 Å². The normalized spacial score (nSPS) is 16.7. The summed E-state index contributed by atoms with van der Waals surface area (Å²) in [6, 6.07) is 10.0. The highest BCUT2D eigenvalue weighted by Crippen LogP contribution is 2.33. The molecule has 1 atom stereocenters. The predicted molar refractivity (Wildman–Crippen MR) is 105 cm³/mol. The van der Waals surface area contributed by atoms with Crippen LogP contribution in [0.4, 0.5) is 4.39 Å². The molecule has 0 saturated carbocycles. The minimum absolute atomic E-state index is 0.437. The smallest absolute Gasteiger partial charge is 0.127 e. The van der Waals surface area contributed by atoms with E-state index in [2.05, 4.69) is 31.0 Å². The van der Waals surface area contributed by atoms with Crippen LogP contribution in [0.5, 0.6) is 0 Å². The number of nitrogens with zero attached hydrogens (tertiary/aromatic N) is 3. The molecule has 0 spiro atoms. The first-order chi connectivity index (χ1) is 12.6. The molecule has 0 fully saturated rings. The number of rotatable bonds is 4. The molecule has 3 aromatic heterocycles. The van der Waals surface area contributed by atoms with Crippen molar-refractivity contribution in [3.8, 4) is 22.6 Å². The van der Waals surface area contributed by atoms with Crippen LogP contribution in [0.3, 0.4) is 0 Å². The van der Waals surface area contributed by atoms with Crippen molar-refractivity contribution in [2.75, 3.05) is 0 Å². The molecule has 0 saturated heterocycles. The molecule has 0 aromatic carbocycles. The van der Waals surface area contributed by atoms with E-state index in [0.717, 1.165) is 28.2 Å². The third-order valence-corrected chi connectivity index (χ3v) is 5.51. The van der Waals surface area contributed by atoms with Crippen LogP contribution in [0.2, 0.25) is 0 Å². The van der Waals surface area contributed by atoms with E-state index in [4.69, 9.17) is 5.10 Å². The van der Waals surface area contributed by atoms with Crippen molar-refractivity contribution in [1.82, 2.24) is 14.8 Å². The third-order valence-electron chi connectivity index (χ3n) is 4.55. The zero-order valence-corrected chi connectivity index (χ0v) is 15.6. The van der Waals surface area contributed by atoms with Gasteiger partial charge in [-0.15, -0.1) is 11.3 Å². The van der Waals surface area contributed by atoms with Crippen molar-refractivity contribution in [3.63, 3.8) is 0 Å². The quantitative estimate of drug-likeness (QED) is 0.610. The fourth-order valence-electron chi connectivity index (χ4n) is 3.25. The number of thiophene rings is 1. The second-order valence-electron chi connectivity index (χ2n) is 6.49. The molecule has 1 unspecified atom stereocenters. The summed E-state index contributed by atoms with van der Waals surface area (Å²) in [5.74, 6) is 0. The van der Waals surface area contributed by atoms with Crippen molar-refractivity contribution in [1.29, 1.82) is 0 Å². The van der Waals surface area contributed by atoms with Crippen LogP contribution >= 0.6 is 11.3 Å². The maximum atomic E-state index is 14.3. The van der Waals surface area contributed by atoms with E-state index >= 15 is 0 Å². The number of aryl methyl sites for hydroxylation is 2. The van der Waals surface area contributed by atoms with Crippen molar-refractivity contribution >= 4 is 11.3 Å². The zero-order valence-electron chi connectivity index (χ0n) is 14.8. The number of hydrogen-bond donors (Lipinski definition) is 0. The maximum absolute atomic E-state index is 14.3.